The monoisotopic (exact) mass is 298 g/mol. The number of epoxide rings is 2. The number of hydrogen-bond donors (Lipinski definition) is 0. The van der Waals surface area contributed by atoms with Gasteiger partial charge in [-0.05, 0) is 11.1 Å². The van der Waals surface area contributed by atoms with E-state index in [1.54, 1.807) is 0 Å². The molecule has 2 aromatic carbocycles. The van der Waals surface area contributed by atoms with Crippen LogP contribution in [-0.4, -0.2) is 18.7 Å². The zero-order valence-electron chi connectivity index (χ0n) is 11.6. The van der Waals surface area contributed by atoms with E-state index in [4.69, 9.17) is 18.9 Å². The van der Waals surface area contributed by atoms with Gasteiger partial charge in [0.1, 0.15) is 12.2 Å². The summed E-state index contributed by atoms with van der Waals surface area (Å²) in [5, 5.41) is 0. The molecule has 5 heteroatoms. The van der Waals surface area contributed by atoms with Crippen molar-refractivity contribution in [3.63, 3.8) is 0 Å². The first-order valence-electron chi connectivity index (χ1n) is 7.09. The van der Waals surface area contributed by atoms with Gasteiger partial charge in [-0.1, -0.05) is 60.7 Å². The highest BCUT2D eigenvalue weighted by Gasteiger charge is 2.48. The molecular formula is C17H14O5. The summed E-state index contributed by atoms with van der Waals surface area (Å²) < 4.78 is 20.8. The summed E-state index contributed by atoms with van der Waals surface area (Å²) in [7, 11) is 0. The van der Waals surface area contributed by atoms with Crippen molar-refractivity contribution < 1.29 is 23.7 Å². The molecule has 112 valence electrons. The molecule has 2 aliphatic heterocycles. The van der Waals surface area contributed by atoms with E-state index in [1.807, 2.05) is 60.7 Å². The summed E-state index contributed by atoms with van der Waals surface area (Å²) >= 11 is 0. The van der Waals surface area contributed by atoms with E-state index in [1.165, 1.54) is 0 Å². The molecule has 0 aromatic heterocycles. The Bertz CT molecular complexity index is 600. The summed E-state index contributed by atoms with van der Waals surface area (Å²) in [5.74, 6) is 0. The zero-order valence-corrected chi connectivity index (χ0v) is 11.6. The van der Waals surface area contributed by atoms with E-state index >= 15 is 0 Å². The van der Waals surface area contributed by atoms with Gasteiger partial charge in [-0.15, -0.1) is 0 Å². The molecule has 0 spiro atoms. The maximum atomic E-state index is 11.7. The number of ether oxygens (including phenoxy) is 4. The van der Waals surface area contributed by atoms with Gasteiger partial charge in [0, 0.05) is 0 Å². The number of rotatable bonds is 4. The Morgan fingerprint density at radius 2 is 1.14 bits per heavy atom. The molecule has 22 heavy (non-hydrogen) atoms. The second kappa shape index (κ2) is 5.44. The SMILES string of the molecule is O=C(OC1OC1c1ccccc1)OC1OC1c1ccccc1. The van der Waals surface area contributed by atoms with Crippen molar-refractivity contribution in [2.45, 2.75) is 24.8 Å². The molecule has 0 N–H and O–H groups in total. The van der Waals surface area contributed by atoms with Crippen molar-refractivity contribution in [1.82, 2.24) is 0 Å². The summed E-state index contributed by atoms with van der Waals surface area (Å²) in [4.78, 5) is 11.7. The van der Waals surface area contributed by atoms with Crippen LogP contribution in [0.5, 0.6) is 0 Å². The molecule has 0 aliphatic carbocycles. The number of benzene rings is 2. The van der Waals surface area contributed by atoms with E-state index in [2.05, 4.69) is 0 Å². The fourth-order valence-corrected chi connectivity index (χ4v) is 2.35. The quantitative estimate of drug-likeness (QED) is 0.640. The molecule has 2 saturated heterocycles. The van der Waals surface area contributed by atoms with Crippen molar-refractivity contribution in [3.8, 4) is 0 Å². The molecule has 4 atom stereocenters. The van der Waals surface area contributed by atoms with E-state index in [9.17, 15) is 4.79 Å². The average Bonchev–Trinajstić information content (AvgIpc) is 3.46. The molecule has 0 amide bonds. The van der Waals surface area contributed by atoms with Crippen molar-refractivity contribution in [1.29, 1.82) is 0 Å². The minimum Gasteiger partial charge on any atom is -0.401 e. The second-order valence-corrected chi connectivity index (χ2v) is 5.16. The van der Waals surface area contributed by atoms with Gasteiger partial charge in [0.2, 0.25) is 12.6 Å². The lowest BCUT2D eigenvalue weighted by Crippen LogP contribution is -2.12. The highest BCUT2D eigenvalue weighted by molar-refractivity contribution is 5.61. The van der Waals surface area contributed by atoms with Crippen molar-refractivity contribution in [2.24, 2.45) is 0 Å². The minimum atomic E-state index is -0.771. The third-order valence-corrected chi connectivity index (χ3v) is 3.58. The summed E-state index contributed by atoms with van der Waals surface area (Å²) in [6.45, 7) is 0. The predicted octanol–water partition coefficient (Wildman–Crippen LogP) is 3.33. The first kappa shape index (κ1) is 13.3. The molecule has 5 nitrogen and oxygen atoms in total. The molecular weight excluding hydrogens is 284 g/mol. The summed E-state index contributed by atoms with van der Waals surface area (Å²) in [6.07, 6.45) is -2.35. The van der Waals surface area contributed by atoms with Crippen LogP contribution in [0.2, 0.25) is 0 Å². The molecule has 0 bridgehead atoms. The third-order valence-electron chi connectivity index (χ3n) is 3.58. The third kappa shape index (κ3) is 2.81. The van der Waals surface area contributed by atoms with Gasteiger partial charge >= 0.3 is 6.16 Å². The van der Waals surface area contributed by atoms with E-state index in [0.29, 0.717) is 0 Å². The molecule has 2 fully saturated rings. The predicted molar refractivity (Wildman–Crippen MR) is 75.7 cm³/mol. The van der Waals surface area contributed by atoms with Gasteiger partial charge in [-0.25, -0.2) is 4.79 Å². The average molecular weight is 298 g/mol. The van der Waals surface area contributed by atoms with Crippen LogP contribution in [0.15, 0.2) is 60.7 Å². The van der Waals surface area contributed by atoms with Crippen LogP contribution in [0.4, 0.5) is 4.79 Å². The first-order chi connectivity index (χ1) is 10.8. The lowest BCUT2D eigenvalue weighted by atomic mass is 10.2. The normalized spacial score (nSPS) is 28.7. The van der Waals surface area contributed by atoms with Crippen molar-refractivity contribution in [2.75, 3.05) is 0 Å². The van der Waals surface area contributed by atoms with Gasteiger partial charge in [-0.2, -0.15) is 0 Å². The molecule has 2 aromatic rings. The van der Waals surface area contributed by atoms with E-state index in [0.717, 1.165) is 11.1 Å². The molecule has 0 saturated carbocycles. The fourth-order valence-electron chi connectivity index (χ4n) is 2.35. The fraction of sp³-hybridized carbons (Fsp3) is 0.235. The van der Waals surface area contributed by atoms with E-state index < -0.39 is 18.7 Å². The van der Waals surface area contributed by atoms with Gasteiger partial charge < -0.3 is 18.9 Å². The maximum absolute atomic E-state index is 11.7. The van der Waals surface area contributed by atoms with Crippen molar-refractivity contribution >= 4 is 6.16 Å². The van der Waals surface area contributed by atoms with Gasteiger partial charge in [0.15, 0.2) is 0 Å². The van der Waals surface area contributed by atoms with Gasteiger partial charge in [-0.3, -0.25) is 0 Å². The van der Waals surface area contributed by atoms with Crippen LogP contribution >= 0.6 is 0 Å². The van der Waals surface area contributed by atoms with Crippen LogP contribution in [0.1, 0.15) is 23.3 Å². The van der Waals surface area contributed by atoms with E-state index in [-0.39, 0.29) is 12.2 Å². The number of carbonyl (C=O) groups is 1. The summed E-state index contributed by atoms with van der Waals surface area (Å²) in [5.41, 5.74) is 1.95. The Kier molecular flexibility index (Phi) is 3.29. The highest BCUT2D eigenvalue weighted by atomic mass is 16.9. The lowest BCUT2D eigenvalue weighted by molar-refractivity contribution is -0.00124. The highest BCUT2D eigenvalue weighted by Crippen LogP contribution is 2.42. The standard InChI is InChI=1S/C17H14O5/c18-17(21-15-13(19-15)11-7-3-1-4-8-11)22-16-14(20-16)12-9-5-2-6-10-12/h1-10,13-16H. The molecule has 4 rings (SSSR count). The first-order valence-corrected chi connectivity index (χ1v) is 7.09. The number of carbonyl (C=O) groups excluding carboxylic acids is 1. The van der Waals surface area contributed by atoms with Crippen LogP contribution < -0.4 is 0 Å². The Morgan fingerprint density at radius 1 is 0.727 bits per heavy atom. The topological polar surface area (TPSA) is 60.6 Å². The Labute approximate surface area is 127 Å². The van der Waals surface area contributed by atoms with Crippen LogP contribution in [0.3, 0.4) is 0 Å². The Hall–Kier alpha value is -2.37. The molecule has 2 heterocycles. The molecule has 0 radical (unpaired) electrons. The molecule has 4 unspecified atom stereocenters. The molecule has 2 aliphatic rings. The largest absolute Gasteiger partial charge is 0.513 e. The van der Waals surface area contributed by atoms with Gasteiger partial charge in [0.05, 0.1) is 0 Å². The summed E-state index contributed by atoms with van der Waals surface area (Å²) in [6, 6.07) is 19.2. The Morgan fingerprint density at radius 3 is 1.55 bits per heavy atom. The minimum absolute atomic E-state index is 0.209. The lowest BCUT2D eigenvalue weighted by Gasteiger charge is -2.01. The zero-order chi connectivity index (χ0) is 14.9. The number of hydrogen-bond acceptors (Lipinski definition) is 5. The Balaban J connectivity index is 1.25. The smallest absolute Gasteiger partial charge is 0.401 e. The van der Waals surface area contributed by atoms with Crippen LogP contribution in [0, 0.1) is 0 Å². The van der Waals surface area contributed by atoms with Crippen LogP contribution in [-0.2, 0) is 18.9 Å². The van der Waals surface area contributed by atoms with Gasteiger partial charge in [0.25, 0.3) is 0 Å². The maximum Gasteiger partial charge on any atom is 0.513 e. The second-order valence-electron chi connectivity index (χ2n) is 5.16. The van der Waals surface area contributed by atoms with Crippen LogP contribution in [0.25, 0.3) is 0 Å². The van der Waals surface area contributed by atoms with Crippen molar-refractivity contribution in [3.05, 3.63) is 71.8 Å².